The summed E-state index contributed by atoms with van der Waals surface area (Å²) in [6.45, 7) is 5.65. The third-order valence-corrected chi connectivity index (χ3v) is 3.30. The average Bonchev–Trinajstić information content (AvgIpc) is 2.34. The highest BCUT2D eigenvalue weighted by Gasteiger charge is 2.30. The molecule has 1 aliphatic rings. The molecule has 0 heterocycles. The molecule has 66 valence electrons. The van der Waals surface area contributed by atoms with E-state index in [1.807, 2.05) is 7.11 Å². The van der Waals surface area contributed by atoms with E-state index in [9.17, 15) is 0 Å². The molecule has 0 aliphatic heterocycles. The molecule has 0 aromatic heterocycles. The van der Waals surface area contributed by atoms with E-state index < -0.39 is 0 Å². The van der Waals surface area contributed by atoms with E-state index in [4.69, 9.17) is 4.74 Å². The van der Waals surface area contributed by atoms with Gasteiger partial charge in [0.25, 0.3) is 0 Å². The lowest BCUT2D eigenvalue weighted by Gasteiger charge is -2.18. The molecule has 0 N–H and O–H groups in total. The predicted molar refractivity (Wildman–Crippen MR) is 47.5 cm³/mol. The van der Waals surface area contributed by atoms with E-state index in [1.54, 1.807) is 0 Å². The topological polar surface area (TPSA) is 9.23 Å². The summed E-state index contributed by atoms with van der Waals surface area (Å²) in [6, 6.07) is 0. The van der Waals surface area contributed by atoms with Crippen LogP contribution < -0.4 is 0 Å². The Labute approximate surface area is 70.1 Å². The fourth-order valence-corrected chi connectivity index (χ4v) is 2.36. The third kappa shape index (κ3) is 1.96. The molecule has 1 fully saturated rings. The first-order valence-electron chi connectivity index (χ1n) is 4.78. The lowest BCUT2D eigenvalue weighted by atomic mass is 9.90. The van der Waals surface area contributed by atoms with Crippen LogP contribution in [-0.2, 0) is 4.74 Å². The number of hydrogen-bond acceptors (Lipinski definition) is 1. The quantitative estimate of drug-likeness (QED) is 0.610. The number of hydrogen-bond donors (Lipinski definition) is 0. The molecule has 3 atom stereocenters. The zero-order valence-corrected chi connectivity index (χ0v) is 7.97. The first kappa shape index (κ1) is 9.05. The standard InChI is InChI=1S/C10H20O/c1-4-9-5-6-10(7-11-3)8(9)2/h8-10H,4-7H2,1-3H3. The molecule has 3 unspecified atom stereocenters. The van der Waals surface area contributed by atoms with Gasteiger partial charge in [-0.3, -0.25) is 0 Å². The Kier molecular flexibility index (Phi) is 3.38. The Morgan fingerprint density at radius 1 is 1.27 bits per heavy atom. The van der Waals surface area contributed by atoms with Crippen LogP contribution >= 0.6 is 0 Å². The van der Waals surface area contributed by atoms with E-state index in [1.165, 1.54) is 19.3 Å². The van der Waals surface area contributed by atoms with Crippen molar-refractivity contribution in [3.8, 4) is 0 Å². The van der Waals surface area contributed by atoms with Crippen LogP contribution in [0.1, 0.15) is 33.1 Å². The Morgan fingerprint density at radius 3 is 2.36 bits per heavy atom. The van der Waals surface area contributed by atoms with Crippen molar-refractivity contribution in [2.24, 2.45) is 17.8 Å². The van der Waals surface area contributed by atoms with Crippen LogP contribution in [-0.4, -0.2) is 13.7 Å². The van der Waals surface area contributed by atoms with Crippen LogP contribution in [0.2, 0.25) is 0 Å². The van der Waals surface area contributed by atoms with Gasteiger partial charge in [0.1, 0.15) is 0 Å². The van der Waals surface area contributed by atoms with Gasteiger partial charge in [-0.05, 0) is 30.6 Å². The van der Waals surface area contributed by atoms with Crippen molar-refractivity contribution < 1.29 is 4.74 Å². The number of rotatable bonds is 3. The smallest absolute Gasteiger partial charge is 0.0493 e. The Morgan fingerprint density at radius 2 is 1.91 bits per heavy atom. The summed E-state index contributed by atoms with van der Waals surface area (Å²) < 4.78 is 5.19. The van der Waals surface area contributed by atoms with Gasteiger partial charge in [-0.1, -0.05) is 20.3 Å². The molecule has 0 bridgehead atoms. The summed E-state index contributed by atoms with van der Waals surface area (Å²) in [5, 5.41) is 0. The van der Waals surface area contributed by atoms with Crippen molar-refractivity contribution in [3.05, 3.63) is 0 Å². The largest absolute Gasteiger partial charge is 0.384 e. The third-order valence-electron chi connectivity index (χ3n) is 3.30. The molecular weight excluding hydrogens is 136 g/mol. The molecule has 1 aliphatic carbocycles. The van der Waals surface area contributed by atoms with E-state index in [2.05, 4.69) is 13.8 Å². The van der Waals surface area contributed by atoms with Crippen molar-refractivity contribution in [2.75, 3.05) is 13.7 Å². The summed E-state index contributed by atoms with van der Waals surface area (Å²) in [6.07, 6.45) is 4.15. The van der Waals surface area contributed by atoms with Crippen molar-refractivity contribution >= 4 is 0 Å². The second kappa shape index (κ2) is 4.10. The van der Waals surface area contributed by atoms with Crippen LogP contribution in [0.15, 0.2) is 0 Å². The highest BCUT2D eigenvalue weighted by Crippen LogP contribution is 2.38. The lowest BCUT2D eigenvalue weighted by molar-refractivity contribution is 0.129. The average molecular weight is 156 g/mol. The second-order valence-electron chi connectivity index (χ2n) is 3.82. The normalized spacial score (nSPS) is 37.9. The van der Waals surface area contributed by atoms with Gasteiger partial charge < -0.3 is 4.74 Å². The Bertz CT molecular complexity index is 111. The molecule has 11 heavy (non-hydrogen) atoms. The van der Waals surface area contributed by atoms with Gasteiger partial charge in [0, 0.05) is 13.7 Å². The van der Waals surface area contributed by atoms with Crippen molar-refractivity contribution in [3.63, 3.8) is 0 Å². The molecule has 1 heteroatoms. The minimum Gasteiger partial charge on any atom is -0.384 e. The van der Waals surface area contributed by atoms with Crippen molar-refractivity contribution in [2.45, 2.75) is 33.1 Å². The molecule has 0 aromatic rings. The first-order valence-corrected chi connectivity index (χ1v) is 4.78. The first-order chi connectivity index (χ1) is 5.29. The number of methoxy groups -OCH3 is 1. The SMILES string of the molecule is CCC1CCC(COC)C1C. The molecule has 0 aromatic carbocycles. The zero-order valence-electron chi connectivity index (χ0n) is 7.97. The maximum atomic E-state index is 5.19. The minimum atomic E-state index is 0.838. The van der Waals surface area contributed by atoms with E-state index in [-0.39, 0.29) is 0 Å². The van der Waals surface area contributed by atoms with Gasteiger partial charge in [-0.2, -0.15) is 0 Å². The zero-order chi connectivity index (χ0) is 8.27. The molecule has 0 amide bonds. The minimum absolute atomic E-state index is 0.838. The predicted octanol–water partition coefficient (Wildman–Crippen LogP) is 2.71. The Balaban J connectivity index is 2.35. The molecule has 0 spiro atoms. The molecular formula is C10H20O. The van der Waals surface area contributed by atoms with E-state index in [0.717, 1.165) is 24.4 Å². The molecule has 1 rings (SSSR count). The van der Waals surface area contributed by atoms with Crippen LogP contribution in [0.25, 0.3) is 0 Å². The molecule has 1 nitrogen and oxygen atoms in total. The summed E-state index contributed by atoms with van der Waals surface area (Å²) in [5.41, 5.74) is 0. The van der Waals surface area contributed by atoms with Crippen molar-refractivity contribution in [1.29, 1.82) is 0 Å². The van der Waals surface area contributed by atoms with Gasteiger partial charge in [-0.15, -0.1) is 0 Å². The summed E-state index contributed by atoms with van der Waals surface area (Å²) in [5.74, 6) is 2.69. The number of ether oxygens (including phenoxy) is 1. The van der Waals surface area contributed by atoms with Gasteiger partial charge in [-0.25, -0.2) is 0 Å². The maximum Gasteiger partial charge on any atom is 0.0493 e. The summed E-state index contributed by atoms with van der Waals surface area (Å²) in [4.78, 5) is 0. The van der Waals surface area contributed by atoms with Gasteiger partial charge in [0.15, 0.2) is 0 Å². The van der Waals surface area contributed by atoms with E-state index in [0.29, 0.717) is 0 Å². The van der Waals surface area contributed by atoms with E-state index >= 15 is 0 Å². The lowest BCUT2D eigenvalue weighted by Crippen LogP contribution is -2.14. The summed E-state index contributed by atoms with van der Waals surface area (Å²) in [7, 11) is 1.81. The molecule has 0 radical (unpaired) electrons. The molecule has 0 saturated heterocycles. The monoisotopic (exact) mass is 156 g/mol. The fraction of sp³-hybridized carbons (Fsp3) is 1.00. The Hall–Kier alpha value is -0.0400. The highest BCUT2D eigenvalue weighted by molar-refractivity contribution is 4.80. The van der Waals surface area contributed by atoms with Crippen LogP contribution in [0, 0.1) is 17.8 Å². The van der Waals surface area contributed by atoms with Gasteiger partial charge in [0.05, 0.1) is 0 Å². The van der Waals surface area contributed by atoms with Crippen molar-refractivity contribution in [1.82, 2.24) is 0 Å². The molecule has 1 saturated carbocycles. The highest BCUT2D eigenvalue weighted by atomic mass is 16.5. The second-order valence-corrected chi connectivity index (χ2v) is 3.82. The van der Waals surface area contributed by atoms with Crippen LogP contribution in [0.4, 0.5) is 0 Å². The maximum absolute atomic E-state index is 5.19. The van der Waals surface area contributed by atoms with Crippen LogP contribution in [0.3, 0.4) is 0 Å². The van der Waals surface area contributed by atoms with Gasteiger partial charge >= 0.3 is 0 Å². The summed E-state index contributed by atoms with van der Waals surface area (Å²) >= 11 is 0. The fourth-order valence-electron chi connectivity index (χ4n) is 2.36. The van der Waals surface area contributed by atoms with Gasteiger partial charge in [0.2, 0.25) is 0 Å². The van der Waals surface area contributed by atoms with Crippen LogP contribution in [0.5, 0.6) is 0 Å².